The van der Waals surface area contributed by atoms with Gasteiger partial charge in [-0.2, -0.15) is 9.36 Å². The highest BCUT2D eigenvalue weighted by atomic mass is 19.1. The van der Waals surface area contributed by atoms with Crippen LogP contribution in [0.1, 0.15) is 25.5 Å². The molecule has 2 aromatic carbocycles. The van der Waals surface area contributed by atoms with Crippen LogP contribution in [-0.4, -0.2) is 25.7 Å². The van der Waals surface area contributed by atoms with E-state index in [2.05, 4.69) is 15.7 Å². The van der Waals surface area contributed by atoms with E-state index in [0.717, 1.165) is 14.9 Å². The lowest BCUT2D eigenvalue weighted by atomic mass is 9.96. The van der Waals surface area contributed by atoms with Crippen molar-refractivity contribution in [1.29, 1.82) is 0 Å². The molecule has 0 saturated carbocycles. The molecule has 1 N–H and O–H groups in total. The van der Waals surface area contributed by atoms with Gasteiger partial charge in [-0.1, -0.05) is 44.2 Å². The number of hydrogen-bond donors (Lipinski definition) is 1. The third kappa shape index (κ3) is 4.28. The summed E-state index contributed by atoms with van der Waals surface area (Å²) >= 11 is 0. The number of halogens is 1. The second-order valence-electron chi connectivity index (χ2n) is 6.51. The lowest BCUT2D eigenvalue weighted by Crippen LogP contribution is -2.37. The van der Waals surface area contributed by atoms with Gasteiger partial charge in [-0.3, -0.25) is 4.79 Å². The first-order valence-corrected chi connectivity index (χ1v) is 8.59. The number of aromatic nitrogens is 4. The van der Waals surface area contributed by atoms with Gasteiger partial charge in [0, 0.05) is 0 Å². The van der Waals surface area contributed by atoms with Crippen molar-refractivity contribution in [2.75, 3.05) is 0 Å². The Bertz CT molecular complexity index is 964. The SMILES string of the molecule is CC(C)C(NC(=O)Cn1nnn(-c2ccccc2)c1=O)c1ccc(F)cc1. The van der Waals surface area contributed by atoms with Gasteiger partial charge in [0.1, 0.15) is 12.4 Å². The highest BCUT2D eigenvalue weighted by molar-refractivity contribution is 5.76. The molecule has 7 nitrogen and oxygen atoms in total. The molecular formula is C19H20FN5O2. The van der Waals surface area contributed by atoms with Gasteiger partial charge in [0.2, 0.25) is 5.91 Å². The molecule has 1 unspecified atom stereocenters. The molecule has 0 radical (unpaired) electrons. The van der Waals surface area contributed by atoms with Crippen molar-refractivity contribution in [3.63, 3.8) is 0 Å². The molecule has 0 spiro atoms. The summed E-state index contributed by atoms with van der Waals surface area (Å²) in [6, 6.07) is 14.5. The molecule has 27 heavy (non-hydrogen) atoms. The molecule has 3 rings (SSSR count). The van der Waals surface area contributed by atoms with Crippen molar-refractivity contribution in [2.24, 2.45) is 5.92 Å². The Morgan fingerprint density at radius 1 is 1.07 bits per heavy atom. The minimum atomic E-state index is -0.501. The van der Waals surface area contributed by atoms with Crippen LogP contribution in [0.4, 0.5) is 4.39 Å². The van der Waals surface area contributed by atoms with E-state index >= 15 is 0 Å². The van der Waals surface area contributed by atoms with Crippen LogP contribution in [0.3, 0.4) is 0 Å². The molecule has 1 amide bonds. The van der Waals surface area contributed by atoms with Gasteiger partial charge in [-0.05, 0) is 46.2 Å². The Labute approximate surface area is 155 Å². The molecule has 1 atom stereocenters. The third-order valence-corrected chi connectivity index (χ3v) is 4.15. The molecule has 140 valence electrons. The number of hydrogen-bond acceptors (Lipinski definition) is 4. The van der Waals surface area contributed by atoms with Gasteiger partial charge >= 0.3 is 5.69 Å². The van der Waals surface area contributed by atoms with E-state index in [1.54, 1.807) is 36.4 Å². The zero-order valence-corrected chi connectivity index (χ0v) is 15.0. The number of rotatable bonds is 6. The zero-order chi connectivity index (χ0) is 19.4. The number of tetrazole rings is 1. The van der Waals surface area contributed by atoms with E-state index in [0.29, 0.717) is 5.69 Å². The fourth-order valence-electron chi connectivity index (χ4n) is 2.76. The smallest absolute Gasteiger partial charge is 0.347 e. The van der Waals surface area contributed by atoms with E-state index in [-0.39, 0.29) is 30.2 Å². The van der Waals surface area contributed by atoms with Gasteiger partial charge in [-0.25, -0.2) is 9.18 Å². The molecule has 0 fully saturated rings. The molecule has 0 aliphatic heterocycles. The van der Waals surface area contributed by atoms with Crippen LogP contribution in [0.15, 0.2) is 59.4 Å². The van der Waals surface area contributed by atoms with E-state index in [9.17, 15) is 14.0 Å². The Morgan fingerprint density at radius 3 is 2.37 bits per heavy atom. The molecule has 8 heteroatoms. The summed E-state index contributed by atoms with van der Waals surface area (Å²) in [7, 11) is 0. The number of nitrogens with zero attached hydrogens (tertiary/aromatic N) is 4. The maximum absolute atomic E-state index is 13.1. The van der Waals surface area contributed by atoms with E-state index < -0.39 is 5.69 Å². The van der Waals surface area contributed by atoms with Crippen LogP contribution in [0.25, 0.3) is 5.69 Å². The summed E-state index contributed by atoms with van der Waals surface area (Å²) in [5.41, 5.74) is 0.861. The molecule has 3 aromatic rings. The maximum atomic E-state index is 13.1. The lowest BCUT2D eigenvalue weighted by molar-refractivity contribution is -0.123. The predicted octanol–water partition coefficient (Wildman–Crippen LogP) is 2.08. The van der Waals surface area contributed by atoms with E-state index in [1.807, 2.05) is 19.9 Å². The number of para-hydroxylation sites is 1. The van der Waals surface area contributed by atoms with Crippen molar-refractivity contribution in [3.05, 3.63) is 76.5 Å². The molecule has 0 aliphatic rings. The van der Waals surface area contributed by atoms with Gasteiger partial charge in [0.05, 0.1) is 11.7 Å². The molecule has 1 aromatic heterocycles. The van der Waals surface area contributed by atoms with Crippen molar-refractivity contribution in [2.45, 2.75) is 26.4 Å². The summed E-state index contributed by atoms with van der Waals surface area (Å²) in [6.45, 7) is 3.65. The van der Waals surface area contributed by atoms with Crippen LogP contribution in [0, 0.1) is 11.7 Å². The van der Waals surface area contributed by atoms with Gasteiger partial charge in [0.15, 0.2) is 0 Å². The average Bonchev–Trinajstić information content (AvgIpc) is 3.01. The summed E-state index contributed by atoms with van der Waals surface area (Å²) in [5, 5.41) is 10.5. The maximum Gasteiger partial charge on any atom is 0.368 e. The van der Waals surface area contributed by atoms with Gasteiger partial charge in [-0.15, -0.1) is 0 Å². The second-order valence-corrected chi connectivity index (χ2v) is 6.51. The Morgan fingerprint density at radius 2 is 1.74 bits per heavy atom. The summed E-state index contributed by atoms with van der Waals surface area (Å²) < 4.78 is 15.3. The Kier molecular flexibility index (Phi) is 5.44. The van der Waals surface area contributed by atoms with Crippen molar-refractivity contribution >= 4 is 5.91 Å². The predicted molar refractivity (Wildman–Crippen MR) is 97.7 cm³/mol. The minimum Gasteiger partial charge on any atom is -0.347 e. The first-order valence-electron chi connectivity index (χ1n) is 8.59. The average molecular weight is 369 g/mol. The standard InChI is InChI=1S/C19H20FN5O2/c1-13(2)18(14-8-10-15(20)11-9-14)21-17(26)12-24-19(27)25(23-22-24)16-6-4-3-5-7-16/h3-11,13,18H,12H2,1-2H3,(H,21,26). The second kappa shape index (κ2) is 7.94. The zero-order valence-electron chi connectivity index (χ0n) is 15.0. The number of carbonyl (C=O) groups excluding carboxylic acids is 1. The minimum absolute atomic E-state index is 0.0798. The number of benzene rings is 2. The summed E-state index contributed by atoms with van der Waals surface area (Å²) in [4.78, 5) is 24.9. The third-order valence-electron chi connectivity index (χ3n) is 4.15. The van der Waals surface area contributed by atoms with Crippen molar-refractivity contribution < 1.29 is 9.18 Å². The first kappa shape index (κ1) is 18.5. The quantitative estimate of drug-likeness (QED) is 0.721. The van der Waals surface area contributed by atoms with Crippen molar-refractivity contribution in [3.8, 4) is 5.69 Å². The highest BCUT2D eigenvalue weighted by Gasteiger charge is 2.20. The summed E-state index contributed by atoms with van der Waals surface area (Å²) in [5.74, 6) is -0.631. The molecular weight excluding hydrogens is 349 g/mol. The van der Waals surface area contributed by atoms with Crippen LogP contribution in [0.2, 0.25) is 0 Å². The highest BCUT2D eigenvalue weighted by Crippen LogP contribution is 2.21. The van der Waals surface area contributed by atoms with Gasteiger partial charge in [0.25, 0.3) is 0 Å². The lowest BCUT2D eigenvalue weighted by Gasteiger charge is -2.22. The topological polar surface area (TPSA) is 81.8 Å². The first-order chi connectivity index (χ1) is 13.0. The molecule has 0 aliphatic carbocycles. The molecule has 0 saturated heterocycles. The van der Waals surface area contributed by atoms with Crippen LogP contribution < -0.4 is 11.0 Å². The summed E-state index contributed by atoms with van der Waals surface area (Å²) in [6.07, 6.45) is 0. The fraction of sp³-hybridized carbons (Fsp3) is 0.263. The van der Waals surface area contributed by atoms with E-state index in [4.69, 9.17) is 0 Å². The normalized spacial score (nSPS) is 12.1. The van der Waals surface area contributed by atoms with Crippen LogP contribution in [-0.2, 0) is 11.3 Å². The Balaban J connectivity index is 1.74. The monoisotopic (exact) mass is 369 g/mol. The van der Waals surface area contributed by atoms with Gasteiger partial charge < -0.3 is 5.32 Å². The van der Waals surface area contributed by atoms with E-state index in [1.165, 1.54) is 12.1 Å². The number of carbonyl (C=O) groups is 1. The van der Waals surface area contributed by atoms with Crippen LogP contribution >= 0.6 is 0 Å². The largest absolute Gasteiger partial charge is 0.368 e. The molecule has 1 heterocycles. The number of amides is 1. The number of nitrogens with one attached hydrogen (secondary N) is 1. The Hall–Kier alpha value is -3.29. The van der Waals surface area contributed by atoms with Crippen molar-refractivity contribution in [1.82, 2.24) is 25.1 Å². The fourth-order valence-corrected chi connectivity index (χ4v) is 2.76. The molecule has 0 bridgehead atoms. The van der Waals surface area contributed by atoms with Crippen LogP contribution in [0.5, 0.6) is 0 Å².